The molecular weight excluding hydrogens is 376 g/mol. The van der Waals surface area contributed by atoms with Crippen molar-refractivity contribution in [3.63, 3.8) is 0 Å². The van der Waals surface area contributed by atoms with Crippen LogP contribution in [0.3, 0.4) is 0 Å². The van der Waals surface area contributed by atoms with Crippen molar-refractivity contribution in [1.29, 1.82) is 0 Å². The molecule has 0 aliphatic heterocycles. The highest BCUT2D eigenvalue weighted by molar-refractivity contribution is 5.91. The van der Waals surface area contributed by atoms with E-state index in [2.05, 4.69) is 4.98 Å². The summed E-state index contributed by atoms with van der Waals surface area (Å²) in [6, 6.07) is 21.4. The Balaban J connectivity index is 1.74. The van der Waals surface area contributed by atoms with E-state index in [-0.39, 0.29) is 5.91 Å². The first-order valence-electron chi connectivity index (χ1n) is 9.82. The van der Waals surface area contributed by atoms with E-state index in [9.17, 15) is 4.79 Å². The first kappa shape index (κ1) is 21.1. The van der Waals surface area contributed by atoms with Crippen molar-refractivity contribution in [1.82, 2.24) is 9.88 Å². The van der Waals surface area contributed by atoms with Gasteiger partial charge in [0.15, 0.2) is 11.5 Å². The smallest absolute Gasteiger partial charge is 0.246 e. The van der Waals surface area contributed by atoms with Crippen molar-refractivity contribution in [3.8, 4) is 11.5 Å². The molecule has 0 spiro atoms. The largest absolute Gasteiger partial charge is 0.493 e. The average Bonchev–Trinajstić information content (AvgIpc) is 2.81. The number of methoxy groups -OCH3 is 2. The van der Waals surface area contributed by atoms with E-state index in [1.165, 1.54) is 0 Å². The normalized spacial score (nSPS) is 10.7. The van der Waals surface area contributed by atoms with Gasteiger partial charge in [0, 0.05) is 37.5 Å². The van der Waals surface area contributed by atoms with Gasteiger partial charge in [-0.2, -0.15) is 0 Å². The third-order valence-electron chi connectivity index (χ3n) is 4.72. The highest BCUT2D eigenvalue weighted by Gasteiger charge is 2.12. The van der Waals surface area contributed by atoms with Crippen LogP contribution < -0.4 is 9.47 Å². The number of hydrogen-bond donors (Lipinski definition) is 0. The number of carbonyl (C=O) groups excluding carboxylic acids is 1. The molecule has 0 unspecified atom stereocenters. The summed E-state index contributed by atoms with van der Waals surface area (Å²) in [7, 11) is 3.19. The summed E-state index contributed by atoms with van der Waals surface area (Å²) in [6.07, 6.45) is 5.87. The molecule has 0 bridgehead atoms. The summed E-state index contributed by atoms with van der Waals surface area (Å²) in [5.41, 5.74) is 2.92. The quantitative estimate of drug-likeness (QED) is 0.498. The Hall–Kier alpha value is -3.60. The minimum absolute atomic E-state index is 0.0513. The van der Waals surface area contributed by atoms with Gasteiger partial charge < -0.3 is 14.4 Å². The lowest BCUT2D eigenvalue weighted by Crippen LogP contribution is -2.31. The zero-order chi connectivity index (χ0) is 21.2. The number of rotatable bonds is 9. The second kappa shape index (κ2) is 10.8. The van der Waals surface area contributed by atoms with Crippen LogP contribution in [0.15, 0.2) is 79.0 Å². The molecule has 0 saturated heterocycles. The van der Waals surface area contributed by atoms with Gasteiger partial charge in [-0.15, -0.1) is 0 Å². The van der Waals surface area contributed by atoms with Crippen LogP contribution >= 0.6 is 0 Å². The third kappa shape index (κ3) is 5.95. The van der Waals surface area contributed by atoms with Crippen molar-refractivity contribution in [2.24, 2.45) is 0 Å². The standard InChI is InChI=1S/C25H26N2O3/c1-29-23-13-11-20(18-24(23)30-2)12-14-25(28)27(19-21-8-4-3-5-9-21)17-15-22-10-6-7-16-26-22/h3-14,16,18H,15,17,19H2,1-2H3/b14-12+. The van der Waals surface area contributed by atoms with Crippen molar-refractivity contribution >= 4 is 12.0 Å². The van der Waals surface area contributed by atoms with Gasteiger partial charge in [-0.1, -0.05) is 42.5 Å². The number of benzene rings is 2. The van der Waals surface area contributed by atoms with Gasteiger partial charge in [-0.25, -0.2) is 0 Å². The lowest BCUT2D eigenvalue weighted by Gasteiger charge is -2.21. The lowest BCUT2D eigenvalue weighted by atomic mass is 10.1. The minimum atomic E-state index is -0.0513. The van der Waals surface area contributed by atoms with E-state index in [0.717, 1.165) is 16.8 Å². The predicted molar refractivity (Wildman–Crippen MR) is 118 cm³/mol. The van der Waals surface area contributed by atoms with Crippen molar-refractivity contribution in [2.45, 2.75) is 13.0 Å². The summed E-state index contributed by atoms with van der Waals surface area (Å²) in [4.78, 5) is 19.2. The van der Waals surface area contributed by atoms with Crippen LogP contribution in [0, 0.1) is 0 Å². The molecule has 0 aliphatic carbocycles. The van der Waals surface area contributed by atoms with Gasteiger partial charge in [0.1, 0.15) is 0 Å². The Labute approximate surface area is 177 Å². The van der Waals surface area contributed by atoms with Crippen LogP contribution in [0.5, 0.6) is 11.5 Å². The average molecular weight is 402 g/mol. The molecule has 5 heteroatoms. The number of carbonyl (C=O) groups is 1. The Kier molecular flexibility index (Phi) is 7.61. The van der Waals surface area contributed by atoms with E-state index in [1.54, 1.807) is 32.6 Å². The summed E-state index contributed by atoms with van der Waals surface area (Å²) in [5, 5.41) is 0. The van der Waals surface area contributed by atoms with Gasteiger partial charge >= 0.3 is 0 Å². The van der Waals surface area contributed by atoms with Crippen molar-refractivity contribution in [3.05, 3.63) is 95.8 Å². The Morgan fingerprint density at radius 2 is 1.73 bits per heavy atom. The fourth-order valence-electron chi connectivity index (χ4n) is 3.10. The SMILES string of the molecule is COc1ccc(/C=C/C(=O)N(CCc2ccccn2)Cc2ccccc2)cc1OC. The maximum Gasteiger partial charge on any atom is 0.246 e. The number of hydrogen-bond acceptors (Lipinski definition) is 4. The lowest BCUT2D eigenvalue weighted by molar-refractivity contribution is -0.126. The molecule has 0 radical (unpaired) electrons. The van der Waals surface area contributed by atoms with E-state index in [4.69, 9.17) is 9.47 Å². The molecule has 3 rings (SSSR count). The maximum absolute atomic E-state index is 13.0. The molecule has 0 fully saturated rings. The van der Waals surface area contributed by atoms with Crippen LogP contribution in [0.25, 0.3) is 6.08 Å². The summed E-state index contributed by atoms with van der Waals surface area (Å²) < 4.78 is 10.6. The predicted octanol–water partition coefficient (Wildman–Crippen LogP) is 4.38. The number of pyridine rings is 1. The first-order valence-corrected chi connectivity index (χ1v) is 9.82. The fourth-order valence-corrected chi connectivity index (χ4v) is 3.10. The second-order valence-electron chi connectivity index (χ2n) is 6.76. The van der Waals surface area contributed by atoms with Gasteiger partial charge in [-0.3, -0.25) is 9.78 Å². The molecule has 1 aromatic heterocycles. The van der Waals surface area contributed by atoms with E-state index < -0.39 is 0 Å². The topological polar surface area (TPSA) is 51.7 Å². The van der Waals surface area contributed by atoms with E-state index >= 15 is 0 Å². The fraction of sp³-hybridized carbons (Fsp3) is 0.200. The molecule has 5 nitrogen and oxygen atoms in total. The molecule has 3 aromatic rings. The van der Waals surface area contributed by atoms with Gasteiger partial charge in [0.25, 0.3) is 0 Å². The molecular formula is C25H26N2O3. The molecule has 0 saturated carbocycles. The number of nitrogens with zero attached hydrogens (tertiary/aromatic N) is 2. The molecule has 30 heavy (non-hydrogen) atoms. The Bertz CT molecular complexity index is 972. The van der Waals surface area contributed by atoms with E-state index in [1.807, 2.05) is 71.6 Å². The van der Waals surface area contributed by atoms with Crippen molar-refractivity contribution in [2.75, 3.05) is 20.8 Å². The maximum atomic E-state index is 13.0. The van der Waals surface area contributed by atoms with Crippen LogP contribution in [0.2, 0.25) is 0 Å². The highest BCUT2D eigenvalue weighted by atomic mass is 16.5. The number of ether oxygens (including phenoxy) is 2. The monoisotopic (exact) mass is 402 g/mol. The van der Waals surface area contributed by atoms with Gasteiger partial charge in [-0.05, 0) is 41.5 Å². The molecule has 154 valence electrons. The molecule has 2 aromatic carbocycles. The Morgan fingerprint density at radius 3 is 2.43 bits per heavy atom. The summed E-state index contributed by atoms with van der Waals surface area (Å²) in [5.74, 6) is 1.23. The first-order chi connectivity index (χ1) is 14.7. The van der Waals surface area contributed by atoms with E-state index in [0.29, 0.717) is 31.0 Å². The van der Waals surface area contributed by atoms with Gasteiger partial charge in [0.05, 0.1) is 14.2 Å². The van der Waals surface area contributed by atoms with Crippen LogP contribution in [0.1, 0.15) is 16.8 Å². The Morgan fingerprint density at radius 1 is 0.967 bits per heavy atom. The zero-order valence-electron chi connectivity index (χ0n) is 17.3. The molecule has 1 amide bonds. The van der Waals surface area contributed by atoms with Crippen LogP contribution in [-0.2, 0) is 17.8 Å². The zero-order valence-corrected chi connectivity index (χ0v) is 17.3. The minimum Gasteiger partial charge on any atom is -0.493 e. The van der Waals surface area contributed by atoms with Crippen molar-refractivity contribution < 1.29 is 14.3 Å². The van der Waals surface area contributed by atoms with Gasteiger partial charge in [0.2, 0.25) is 5.91 Å². The second-order valence-corrected chi connectivity index (χ2v) is 6.76. The summed E-state index contributed by atoms with van der Waals surface area (Å²) in [6.45, 7) is 1.13. The highest BCUT2D eigenvalue weighted by Crippen LogP contribution is 2.28. The number of amides is 1. The van der Waals surface area contributed by atoms with Crippen LogP contribution in [-0.4, -0.2) is 36.6 Å². The molecule has 0 N–H and O–H groups in total. The van der Waals surface area contributed by atoms with Crippen LogP contribution in [0.4, 0.5) is 0 Å². The number of aromatic nitrogens is 1. The summed E-state index contributed by atoms with van der Waals surface area (Å²) >= 11 is 0. The molecule has 1 heterocycles. The third-order valence-corrected chi connectivity index (χ3v) is 4.72. The molecule has 0 atom stereocenters. The molecule has 0 aliphatic rings.